The molecule has 6 N–H and O–H groups in total. The Balaban J connectivity index is 0.000000215. The lowest BCUT2D eigenvalue weighted by Gasteiger charge is -2.08. The molecular formula is C90H102N6O12. The van der Waals surface area contributed by atoms with Gasteiger partial charge in [0.05, 0.1) is 54.8 Å². The van der Waals surface area contributed by atoms with Crippen molar-refractivity contribution >= 4 is 100 Å². The number of carbonyl (C=O) groups is 6. The first-order chi connectivity index (χ1) is 60.8. The highest BCUT2D eigenvalue weighted by Gasteiger charge is 2.10. The lowest BCUT2D eigenvalue weighted by Crippen LogP contribution is -2.22. The van der Waals surface area contributed by atoms with Crippen LogP contribution in [0.15, 0.2) is 218 Å². The molecule has 0 unspecified atom stereocenters. The van der Waals surface area contributed by atoms with Gasteiger partial charge in [-0.1, -0.05) is 146 Å². The van der Waals surface area contributed by atoms with Crippen molar-refractivity contribution in [3.05, 3.63) is 252 Å². The van der Waals surface area contributed by atoms with Gasteiger partial charge in [0.2, 0.25) is 35.4 Å². The summed E-state index contributed by atoms with van der Waals surface area (Å²) in [5.74, 6) is 0.0701. The van der Waals surface area contributed by atoms with E-state index in [0.717, 1.165) is 73.8 Å². The standard InChI is InChI=1S/6C15H17NO2/c6*1-11(17)16-9-8-13-5-3-4-12-6-7-14(18-2)10-15(12)13/h6*3-7,10H,8-9H2,1-2H3,(H,16,17)/i2D3,8D2,9D2;8D2,9D2;2D3,8D2;9D2;8D2;2D3. The number of benzene rings is 12. The molecule has 0 fully saturated rings. The van der Waals surface area contributed by atoms with Gasteiger partial charge in [0.15, 0.2) is 0 Å². The zero-order valence-corrected chi connectivity index (χ0v) is 61.2. The molecule has 0 heterocycles. The summed E-state index contributed by atoms with van der Waals surface area (Å²) in [5.41, 5.74) is 2.90. The number of amides is 6. The lowest BCUT2D eigenvalue weighted by atomic mass is 10.0. The number of ether oxygens (including phenoxy) is 6. The van der Waals surface area contributed by atoms with E-state index in [4.69, 9.17) is 59.9 Å². The highest BCUT2D eigenvalue weighted by atomic mass is 16.5. The van der Waals surface area contributed by atoms with E-state index in [1.54, 1.807) is 99.1 Å². The summed E-state index contributed by atoms with van der Waals surface area (Å²) in [6.45, 7) is 1.05. The van der Waals surface area contributed by atoms with Crippen molar-refractivity contribution in [1.82, 2.24) is 31.9 Å². The van der Waals surface area contributed by atoms with Crippen LogP contribution in [0.2, 0.25) is 0 Å². The minimum absolute atomic E-state index is 0.0100. The molecule has 6 amide bonds. The lowest BCUT2D eigenvalue weighted by molar-refractivity contribution is -0.119. The van der Waals surface area contributed by atoms with Gasteiger partial charge >= 0.3 is 0 Å². The largest absolute Gasteiger partial charge is 0.497 e. The Bertz CT molecular complexity index is 6060. The van der Waals surface area contributed by atoms with Crippen LogP contribution in [0.1, 0.15) is 106 Å². The van der Waals surface area contributed by atoms with Crippen LogP contribution < -0.4 is 60.3 Å². The van der Waals surface area contributed by atoms with Crippen LogP contribution in [0, 0.1) is 0 Å². The fourth-order valence-corrected chi connectivity index (χ4v) is 10.6. The molecule has 0 atom stereocenters. The van der Waals surface area contributed by atoms with Crippen LogP contribution in [0.3, 0.4) is 0 Å². The van der Waals surface area contributed by atoms with Crippen molar-refractivity contribution in [3.63, 3.8) is 0 Å². The molecule has 564 valence electrons. The number of hydrogen-bond donors (Lipinski definition) is 6. The molecule has 18 heteroatoms. The molecule has 0 aliphatic rings. The smallest absolute Gasteiger partial charge is 0.216 e. The quantitative estimate of drug-likeness (QED) is 0.0332. The van der Waals surface area contributed by atoms with E-state index in [1.165, 1.54) is 71.2 Å². The first kappa shape index (κ1) is 55.3. The summed E-state index contributed by atoms with van der Waals surface area (Å²) in [6.07, 6.45) is -7.64. The highest BCUT2D eigenvalue weighted by molar-refractivity contribution is 5.92. The molecule has 0 radical (unpaired) electrons. The number of fused-ring (bicyclic) bond motifs is 6. The van der Waals surface area contributed by atoms with Gasteiger partial charge in [-0.05, 0) is 209 Å². The fourth-order valence-electron chi connectivity index (χ4n) is 10.6. The van der Waals surface area contributed by atoms with E-state index in [2.05, 4.69) is 21.3 Å². The van der Waals surface area contributed by atoms with Crippen LogP contribution in [-0.4, -0.2) is 117 Å². The maximum absolute atomic E-state index is 11.2. The summed E-state index contributed by atoms with van der Waals surface area (Å²) in [7, 11) is -3.01. The van der Waals surface area contributed by atoms with Crippen molar-refractivity contribution < 1.29 is 88.7 Å². The Morgan fingerprint density at radius 1 is 0.269 bits per heavy atom. The van der Waals surface area contributed by atoms with E-state index in [-0.39, 0.29) is 65.8 Å². The van der Waals surface area contributed by atoms with Gasteiger partial charge in [-0.25, -0.2) is 0 Å². The Morgan fingerprint density at radius 2 is 0.500 bits per heavy atom. The van der Waals surface area contributed by atoms with Crippen molar-refractivity contribution in [1.29, 1.82) is 0 Å². The normalized spacial score (nSPS) is 14.8. The molecule has 12 aromatic carbocycles. The average Bonchev–Trinajstić information content (AvgIpc) is 0.762. The van der Waals surface area contributed by atoms with Crippen molar-refractivity contribution in [2.24, 2.45) is 0 Å². The second-order valence-corrected chi connectivity index (χ2v) is 23.6. The Hall–Kier alpha value is -12.2. The van der Waals surface area contributed by atoms with E-state index < -0.39 is 77.9 Å². The Morgan fingerprint density at radius 3 is 0.769 bits per heavy atom. The van der Waals surface area contributed by atoms with Crippen LogP contribution in [-0.2, 0) is 67.1 Å². The zero-order chi connectivity index (χ0) is 97.8. The van der Waals surface area contributed by atoms with Crippen LogP contribution in [0.4, 0.5) is 0 Å². The second kappa shape index (κ2) is 43.9. The van der Waals surface area contributed by atoms with Gasteiger partial charge in [-0.15, -0.1) is 0 Å². The number of nitrogens with one attached hydrogen (secondary N) is 6. The molecule has 0 spiro atoms. The minimum atomic E-state index is -2.67. The molecule has 0 aliphatic heterocycles. The van der Waals surface area contributed by atoms with Crippen molar-refractivity contribution in [3.8, 4) is 34.5 Å². The molecule has 0 saturated carbocycles. The monoisotopic (exact) mass is 1480 g/mol. The van der Waals surface area contributed by atoms with Crippen LogP contribution >= 0.6 is 0 Å². The maximum atomic E-state index is 11.2. The minimum Gasteiger partial charge on any atom is -0.497 e. The van der Waals surface area contributed by atoms with E-state index in [1.807, 2.05) is 108 Å². The predicted molar refractivity (Wildman–Crippen MR) is 437 cm³/mol. The molecular weight excluding hydrogens is 1360 g/mol. The number of carbonyl (C=O) groups excluding carboxylic acids is 6. The van der Waals surface area contributed by atoms with E-state index in [0.29, 0.717) is 62.9 Å². The van der Waals surface area contributed by atoms with Gasteiger partial charge in [-0.3, -0.25) is 28.8 Å². The summed E-state index contributed by atoms with van der Waals surface area (Å²) in [4.78, 5) is 66.4. The highest BCUT2D eigenvalue weighted by Crippen LogP contribution is 2.30. The number of aryl methyl sites for hydroxylation is 3. The van der Waals surface area contributed by atoms with Gasteiger partial charge in [0.25, 0.3) is 0 Å². The van der Waals surface area contributed by atoms with E-state index in [9.17, 15) is 28.8 Å². The third-order valence-corrected chi connectivity index (χ3v) is 15.8. The summed E-state index contributed by atoms with van der Waals surface area (Å²) in [6, 6.07) is 62.5. The van der Waals surface area contributed by atoms with Gasteiger partial charge in [0, 0.05) is 99.9 Å². The second-order valence-electron chi connectivity index (χ2n) is 23.6. The summed E-state index contributed by atoms with van der Waals surface area (Å²) >= 11 is 0. The molecule has 12 rings (SSSR count). The predicted octanol–water partition coefficient (Wildman–Crippen LogP) is 15.2. The van der Waals surface area contributed by atoms with Crippen molar-refractivity contribution in [2.45, 2.75) is 79.9 Å². The number of methoxy groups -OCH3 is 6. The average molecular weight is 1480 g/mol. The van der Waals surface area contributed by atoms with Gasteiger partial charge in [0.1, 0.15) is 34.5 Å². The summed E-state index contributed by atoms with van der Waals surface area (Å²) in [5, 5.41) is 23.2. The molecule has 18 nitrogen and oxygen atoms in total. The van der Waals surface area contributed by atoms with Crippen LogP contribution in [0.25, 0.3) is 64.6 Å². The van der Waals surface area contributed by atoms with Gasteiger partial charge < -0.3 is 60.3 Å². The topological polar surface area (TPSA) is 230 Å². The molecule has 0 aliphatic carbocycles. The molecule has 0 aromatic heterocycles. The summed E-state index contributed by atoms with van der Waals surface area (Å²) < 4.78 is 208. The first-order valence-electron chi connectivity index (χ1n) is 45.3. The number of rotatable bonds is 24. The third-order valence-electron chi connectivity index (χ3n) is 15.8. The van der Waals surface area contributed by atoms with Crippen LogP contribution in [0.5, 0.6) is 34.5 Å². The molecule has 108 heavy (non-hydrogen) atoms. The van der Waals surface area contributed by atoms with Crippen molar-refractivity contribution in [2.75, 3.05) is 81.6 Å². The first-order valence-corrected chi connectivity index (χ1v) is 33.8. The fraction of sp³-hybridized carbons (Fsp3) is 0.267. The number of hydrogen-bond acceptors (Lipinski definition) is 12. The SMILES string of the molecule is [2H]C([2H])(CNC(C)=O)c1cccc2ccc(OC)cc12.[2H]C([2H])(Cc1cccc2ccc(OC)cc12)NC(C)=O.[2H]C([2H])(NC(C)=O)C([2H])([2H])c1cccc2ccc(OC)cc12.[2H]C([2H])([2H])Oc1ccc2cccc(C([2H])([2H])C([2H])([2H])NC(C)=O)c2c1.[2H]C([2H])([2H])Oc1ccc2cccc(C([2H])([2H])CNC(C)=O)c2c1.[2H]C([2H])([2H])Oc1ccc2cccc(CCNC(C)=O)c2c1. The van der Waals surface area contributed by atoms with Gasteiger partial charge in [-0.2, -0.15) is 0 Å². The maximum Gasteiger partial charge on any atom is 0.216 e. The zero-order valence-electron chi connectivity index (χ0n) is 84.2. The third kappa shape index (κ3) is 26.8. The molecule has 12 aromatic rings. The van der Waals surface area contributed by atoms with E-state index >= 15 is 0 Å². The Kier molecular flexibility index (Phi) is 22.5. The Labute approximate surface area is 666 Å². The molecule has 0 bridgehead atoms. The molecule has 0 saturated heterocycles.